The van der Waals surface area contributed by atoms with Gasteiger partial charge in [0.1, 0.15) is 5.25 Å². The van der Waals surface area contributed by atoms with Crippen LogP contribution in [0.3, 0.4) is 0 Å². The van der Waals surface area contributed by atoms with E-state index in [0.29, 0.717) is 6.54 Å². The summed E-state index contributed by atoms with van der Waals surface area (Å²) in [6, 6.07) is 0. The van der Waals surface area contributed by atoms with Crippen molar-refractivity contribution in [2.24, 2.45) is 0 Å². The summed E-state index contributed by atoms with van der Waals surface area (Å²) in [5.41, 5.74) is 0. The Labute approximate surface area is 62.7 Å². The number of hydrogen-bond donors (Lipinski definition) is 2. The molecule has 1 heterocycles. The van der Waals surface area contributed by atoms with Gasteiger partial charge in [0.15, 0.2) is 0 Å². The Morgan fingerprint density at radius 3 is 2.80 bits per heavy atom. The Morgan fingerprint density at radius 1 is 1.70 bits per heavy atom. The van der Waals surface area contributed by atoms with Gasteiger partial charge >= 0.3 is 0 Å². The number of carbonyl (C=O) groups excluding carboxylic acids is 2. The summed E-state index contributed by atoms with van der Waals surface area (Å²) in [5.74, 6) is -0.190. The van der Waals surface area contributed by atoms with Gasteiger partial charge in [-0.1, -0.05) is 0 Å². The van der Waals surface area contributed by atoms with Gasteiger partial charge in [0.2, 0.25) is 5.91 Å². The largest absolute Gasteiger partial charge is 0.318 e. The first-order valence-corrected chi connectivity index (χ1v) is 3.78. The summed E-state index contributed by atoms with van der Waals surface area (Å²) in [6.45, 7) is 0.544. The van der Waals surface area contributed by atoms with E-state index in [-0.39, 0.29) is 16.4 Å². The fourth-order valence-electron chi connectivity index (χ4n) is 0.713. The van der Waals surface area contributed by atoms with Gasteiger partial charge in [-0.3, -0.25) is 14.9 Å². The Bertz CT molecular complexity index is 171. The third kappa shape index (κ3) is 1.48. The number of amides is 2. The topological polar surface area (TPSA) is 58.2 Å². The molecule has 1 unspecified atom stereocenters. The highest BCUT2D eigenvalue weighted by Gasteiger charge is 2.30. The van der Waals surface area contributed by atoms with E-state index in [1.54, 1.807) is 7.05 Å². The number of rotatable bonds is 2. The summed E-state index contributed by atoms with van der Waals surface area (Å²) < 4.78 is 0. The standard InChI is InChI=1S/C5H8N2O2S/c1-6-2-3-4(8)7-5(9)10-3/h3,6H,2H2,1H3,(H,7,8,9). The minimum absolute atomic E-state index is 0.190. The van der Waals surface area contributed by atoms with Crippen molar-refractivity contribution < 1.29 is 9.59 Å². The van der Waals surface area contributed by atoms with Crippen molar-refractivity contribution in [2.45, 2.75) is 5.25 Å². The molecule has 1 atom stereocenters. The van der Waals surface area contributed by atoms with E-state index in [1.165, 1.54) is 0 Å². The number of carbonyl (C=O) groups is 2. The Kier molecular flexibility index (Phi) is 2.29. The Balaban J connectivity index is 2.46. The van der Waals surface area contributed by atoms with Crippen molar-refractivity contribution in [3.05, 3.63) is 0 Å². The normalized spacial score (nSPS) is 25.1. The lowest BCUT2D eigenvalue weighted by molar-refractivity contribution is -0.118. The van der Waals surface area contributed by atoms with Crippen molar-refractivity contribution in [3.63, 3.8) is 0 Å². The van der Waals surface area contributed by atoms with Crippen molar-refractivity contribution in [3.8, 4) is 0 Å². The lowest BCUT2D eigenvalue weighted by atomic mass is 10.4. The first-order valence-electron chi connectivity index (χ1n) is 2.90. The van der Waals surface area contributed by atoms with Crippen LogP contribution in [0, 0.1) is 0 Å². The molecule has 0 aromatic rings. The number of nitrogens with one attached hydrogen (secondary N) is 2. The first-order chi connectivity index (χ1) is 4.74. The summed E-state index contributed by atoms with van der Waals surface area (Å²) >= 11 is 1.04. The number of imide groups is 1. The van der Waals surface area contributed by atoms with Crippen LogP contribution in [0.5, 0.6) is 0 Å². The average Bonchev–Trinajstić information content (AvgIpc) is 2.13. The second kappa shape index (κ2) is 3.03. The fraction of sp³-hybridized carbons (Fsp3) is 0.600. The van der Waals surface area contributed by atoms with E-state index in [9.17, 15) is 9.59 Å². The summed E-state index contributed by atoms with van der Waals surface area (Å²) in [5, 5.41) is 4.54. The van der Waals surface area contributed by atoms with Crippen LogP contribution in [0.4, 0.5) is 4.79 Å². The lowest BCUT2D eigenvalue weighted by Crippen LogP contribution is -2.30. The van der Waals surface area contributed by atoms with E-state index in [4.69, 9.17) is 0 Å². The molecule has 0 spiro atoms. The monoisotopic (exact) mass is 160 g/mol. The van der Waals surface area contributed by atoms with Gasteiger partial charge in [-0.25, -0.2) is 0 Å². The van der Waals surface area contributed by atoms with Gasteiger partial charge < -0.3 is 5.32 Å². The maximum Gasteiger partial charge on any atom is 0.286 e. The predicted molar refractivity (Wildman–Crippen MR) is 38.8 cm³/mol. The predicted octanol–water partition coefficient (Wildman–Crippen LogP) is -0.443. The van der Waals surface area contributed by atoms with E-state index < -0.39 is 0 Å². The lowest BCUT2D eigenvalue weighted by Gasteiger charge is -2.00. The molecule has 1 aliphatic heterocycles. The molecule has 0 aromatic carbocycles. The zero-order chi connectivity index (χ0) is 7.56. The van der Waals surface area contributed by atoms with Crippen molar-refractivity contribution in [1.29, 1.82) is 0 Å². The second-order valence-electron chi connectivity index (χ2n) is 1.94. The molecule has 4 nitrogen and oxygen atoms in total. The van der Waals surface area contributed by atoms with E-state index in [2.05, 4.69) is 10.6 Å². The van der Waals surface area contributed by atoms with Gasteiger partial charge in [-0.15, -0.1) is 0 Å². The van der Waals surface area contributed by atoms with Crippen molar-refractivity contribution >= 4 is 22.9 Å². The molecule has 0 aromatic heterocycles. The van der Waals surface area contributed by atoms with Crippen LogP contribution in [0.1, 0.15) is 0 Å². The first kappa shape index (κ1) is 7.56. The minimum atomic E-state index is -0.245. The van der Waals surface area contributed by atoms with Crippen molar-refractivity contribution in [2.75, 3.05) is 13.6 Å². The Morgan fingerprint density at radius 2 is 2.40 bits per heavy atom. The van der Waals surface area contributed by atoms with Crippen molar-refractivity contribution in [1.82, 2.24) is 10.6 Å². The molecule has 0 bridgehead atoms. The molecule has 0 radical (unpaired) electrons. The quantitative estimate of drug-likeness (QED) is 0.575. The van der Waals surface area contributed by atoms with E-state index in [0.717, 1.165) is 11.8 Å². The fourth-order valence-corrected chi connectivity index (χ4v) is 1.55. The van der Waals surface area contributed by atoms with Crippen LogP contribution in [0.15, 0.2) is 0 Å². The molecular formula is C5H8N2O2S. The zero-order valence-corrected chi connectivity index (χ0v) is 6.33. The smallest absolute Gasteiger partial charge is 0.286 e. The van der Waals surface area contributed by atoms with Gasteiger partial charge in [0.05, 0.1) is 0 Å². The highest BCUT2D eigenvalue weighted by molar-refractivity contribution is 8.15. The molecule has 1 rings (SSSR count). The molecule has 0 aliphatic carbocycles. The average molecular weight is 160 g/mol. The maximum absolute atomic E-state index is 10.8. The van der Waals surface area contributed by atoms with Gasteiger partial charge in [0, 0.05) is 6.54 Å². The number of hydrogen-bond acceptors (Lipinski definition) is 4. The van der Waals surface area contributed by atoms with Crippen LogP contribution in [0.2, 0.25) is 0 Å². The molecule has 10 heavy (non-hydrogen) atoms. The van der Waals surface area contributed by atoms with Crippen LogP contribution in [0.25, 0.3) is 0 Å². The van der Waals surface area contributed by atoms with Crippen LogP contribution >= 0.6 is 11.8 Å². The van der Waals surface area contributed by atoms with E-state index >= 15 is 0 Å². The molecule has 1 fully saturated rings. The molecule has 2 N–H and O–H groups in total. The molecular weight excluding hydrogens is 152 g/mol. The van der Waals surface area contributed by atoms with Crippen LogP contribution in [-0.4, -0.2) is 30.0 Å². The summed E-state index contributed by atoms with van der Waals surface area (Å²) in [7, 11) is 1.75. The molecule has 1 aliphatic rings. The second-order valence-corrected chi connectivity index (χ2v) is 3.12. The third-order valence-electron chi connectivity index (χ3n) is 1.16. The molecule has 5 heteroatoms. The van der Waals surface area contributed by atoms with Gasteiger partial charge in [-0.05, 0) is 18.8 Å². The SMILES string of the molecule is CNCC1SC(=O)NC1=O. The molecule has 0 saturated carbocycles. The molecule has 2 amide bonds. The summed E-state index contributed by atoms with van der Waals surface area (Å²) in [6.07, 6.45) is 0. The van der Waals surface area contributed by atoms with Crippen LogP contribution < -0.4 is 10.6 Å². The molecule has 1 saturated heterocycles. The highest BCUT2D eigenvalue weighted by Crippen LogP contribution is 2.17. The summed E-state index contributed by atoms with van der Waals surface area (Å²) in [4.78, 5) is 21.3. The van der Waals surface area contributed by atoms with Gasteiger partial charge in [-0.2, -0.15) is 0 Å². The van der Waals surface area contributed by atoms with Gasteiger partial charge in [0.25, 0.3) is 5.24 Å². The number of thioether (sulfide) groups is 1. The molecule has 56 valence electrons. The third-order valence-corrected chi connectivity index (χ3v) is 2.14. The Hall–Kier alpha value is -0.550. The van der Waals surface area contributed by atoms with Crippen LogP contribution in [-0.2, 0) is 4.79 Å². The highest BCUT2D eigenvalue weighted by atomic mass is 32.2. The minimum Gasteiger partial charge on any atom is -0.318 e. The van der Waals surface area contributed by atoms with E-state index in [1.807, 2.05) is 0 Å². The zero-order valence-electron chi connectivity index (χ0n) is 5.51. The maximum atomic E-state index is 10.8.